The van der Waals surface area contributed by atoms with Crippen molar-refractivity contribution in [2.75, 3.05) is 0 Å². The largest absolute Gasteiger partial charge is 0.479 e. The minimum absolute atomic E-state index is 0.415. The van der Waals surface area contributed by atoms with Gasteiger partial charge >= 0.3 is 5.97 Å². The number of carboxylic acid groups (broad SMARTS) is 1. The van der Waals surface area contributed by atoms with Gasteiger partial charge in [-0.1, -0.05) is 187 Å². The van der Waals surface area contributed by atoms with Crippen LogP contribution in [0.4, 0.5) is 0 Å². The molecule has 0 saturated carbocycles. The number of aliphatic hydroxyl groups is 1. The average Bonchev–Trinajstić information content (AvgIpc) is 2.91. The van der Waals surface area contributed by atoms with Crippen molar-refractivity contribution in [1.82, 2.24) is 0 Å². The Labute approximate surface area is 239 Å². The lowest BCUT2D eigenvalue weighted by Gasteiger charge is -2.23. The van der Waals surface area contributed by atoms with E-state index in [0.717, 1.165) is 25.7 Å². The van der Waals surface area contributed by atoms with E-state index in [4.69, 9.17) is 0 Å². The van der Waals surface area contributed by atoms with Gasteiger partial charge in [0.1, 0.15) is 0 Å². The number of hydrogen-bond acceptors (Lipinski definition) is 2. The van der Waals surface area contributed by atoms with Gasteiger partial charge in [-0.3, -0.25) is 0 Å². The Balaban J connectivity index is 3.48. The van der Waals surface area contributed by atoms with Gasteiger partial charge in [0.2, 0.25) is 0 Å². The van der Waals surface area contributed by atoms with Crippen LogP contribution in [0.15, 0.2) is 0 Å². The summed E-state index contributed by atoms with van der Waals surface area (Å²) in [6, 6.07) is 0. The summed E-state index contributed by atoms with van der Waals surface area (Å²) in [5.41, 5.74) is -1.51. The predicted molar refractivity (Wildman–Crippen MR) is 167 cm³/mol. The molecule has 38 heavy (non-hydrogen) atoms. The summed E-state index contributed by atoms with van der Waals surface area (Å²) in [6.07, 6.45) is 38.5. The van der Waals surface area contributed by atoms with Crippen molar-refractivity contribution in [3.8, 4) is 0 Å². The summed E-state index contributed by atoms with van der Waals surface area (Å²) < 4.78 is 0. The van der Waals surface area contributed by atoms with Gasteiger partial charge < -0.3 is 10.2 Å². The fourth-order valence-electron chi connectivity index (χ4n) is 5.74. The fraction of sp³-hybridized carbons (Fsp3) is 0.971. The molecule has 0 aromatic heterocycles. The summed E-state index contributed by atoms with van der Waals surface area (Å²) in [7, 11) is 0. The van der Waals surface area contributed by atoms with E-state index in [1.54, 1.807) is 0 Å². The summed E-state index contributed by atoms with van der Waals surface area (Å²) >= 11 is 0. The van der Waals surface area contributed by atoms with Crippen molar-refractivity contribution in [2.45, 2.75) is 218 Å². The van der Waals surface area contributed by atoms with Crippen LogP contribution >= 0.6 is 0 Å². The number of aliphatic carboxylic acids is 1. The molecular formula is C35H70O3. The Hall–Kier alpha value is -0.570. The van der Waals surface area contributed by atoms with E-state index in [1.807, 2.05) is 0 Å². The smallest absolute Gasteiger partial charge is 0.335 e. The van der Waals surface area contributed by atoms with Crippen molar-refractivity contribution in [1.29, 1.82) is 0 Å². The lowest BCUT2D eigenvalue weighted by Crippen LogP contribution is -2.38. The van der Waals surface area contributed by atoms with Crippen molar-refractivity contribution in [2.24, 2.45) is 0 Å². The van der Waals surface area contributed by atoms with Crippen molar-refractivity contribution < 1.29 is 15.0 Å². The van der Waals surface area contributed by atoms with Crippen LogP contribution in [0.1, 0.15) is 213 Å². The fourth-order valence-corrected chi connectivity index (χ4v) is 5.74. The van der Waals surface area contributed by atoms with Gasteiger partial charge in [-0.15, -0.1) is 0 Å². The molecule has 0 aliphatic rings. The third kappa shape index (κ3) is 25.7. The lowest BCUT2D eigenvalue weighted by molar-refractivity contribution is -0.160. The summed E-state index contributed by atoms with van der Waals surface area (Å²) in [6.45, 7) is 4.54. The maximum absolute atomic E-state index is 11.7. The third-order valence-corrected chi connectivity index (χ3v) is 8.54. The van der Waals surface area contributed by atoms with Gasteiger partial charge in [-0.2, -0.15) is 0 Å². The molecule has 3 nitrogen and oxygen atoms in total. The second kappa shape index (κ2) is 29.4. The molecular weight excluding hydrogens is 468 g/mol. The van der Waals surface area contributed by atoms with Crippen LogP contribution < -0.4 is 0 Å². The monoisotopic (exact) mass is 539 g/mol. The van der Waals surface area contributed by atoms with E-state index < -0.39 is 11.6 Å². The number of rotatable bonds is 32. The van der Waals surface area contributed by atoms with Gasteiger partial charge in [-0.05, 0) is 25.7 Å². The highest BCUT2D eigenvalue weighted by atomic mass is 16.4. The van der Waals surface area contributed by atoms with Gasteiger partial charge in [0.05, 0.1) is 0 Å². The topological polar surface area (TPSA) is 57.5 Å². The molecule has 0 heterocycles. The average molecular weight is 539 g/mol. The standard InChI is InChI=1S/C35H70O3/c1-3-5-7-9-11-13-15-16-17-18-19-20-21-22-23-25-27-29-31-33-35(38,34(36)37)32-30-28-26-24-14-12-10-8-6-4-2/h38H,3-33H2,1-2H3,(H,36,37). The van der Waals surface area contributed by atoms with Gasteiger partial charge in [0.15, 0.2) is 5.60 Å². The van der Waals surface area contributed by atoms with Crippen LogP contribution in [0.5, 0.6) is 0 Å². The quantitative estimate of drug-likeness (QED) is 0.0837. The normalized spacial score (nSPS) is 13.1. The zero-order valence-electron chi connectivity index (χ0n) is 26.2. The van der Waals surface area contributed by atoms with Crippen LogP contribution in [0.2, 0.25) is 0 Å². The number of carbonyl (C=O) groups is 1. The molecule has 0 aromatic rings. The molecule has 0 aliphatic carbocycles. The SMILES string of the molecule is CCCCCCCCCCCCCCCCCCCCCC(O)(CCCCCCCCCCCC)C(=O)O. The molecule has 0 fully saturated rings. The maximum atomic E-state index is 11.7. The highest BCUT2D eigenvalue weighted by Crippen LogP contribution is 2.24. The van der Waals surface area contributed by atoms with E-state index in [0.29, 0.717) is 12.8 Å². The van der Waals surface area contributed by atoms with Crippen molar-refractivity contribution in [3.05, 3.63) is 0 Å². The van der Waals surface area contributed by atoms with Crippen LogP contribution in [0.3, 0.4) is 0 Å². The van der Waals surface area contributed by atoms with Crippen molar-refractivity contribution in [3.63, 3.8) is 0 Å². The van der Waals surface area contributed by atoms with Crippen LogP contribution in [0.25, 0.3) is 0 Å². The molecule has 0 amide bonds. The Morgan fingerprint density at radius 1 is 0.395 bits per heavy atom. The molecule has 0 aliphatic heterocycles. The molecule has 1 unspecified atom stereocenters. The van der Waals surface area contributed by atoms with Gasteiger partial charge in [0.25, 0.3) is 0 Å². The van der Waals surface area contributed by atoms with Crippen LogP contribution in [-0.4, -0.2) is 21.8 Å². The minimum atomic E-state index is -1.51. The number of unbranched alkanes of at least 4 members (excludes halogenated alkanes) is 27. The second-order valence-electron chi connectivity index (χ2n) is 12.4. The second-order valence-corrected chi connectivity index (χ2v) is 12.4. The van der Waals surface area contributed by atoms with Crippen LogP contribution in [0, 0.1) is 0 Å². The minimum Gasteiger partial charge on any atom is -0.479 e. The first-order valence-corrected chi connectivity index (χ1v) is 17.5. The molecule has 3 heteroatoms. The Morgan fingerprint density at radius 3 is 0.763 bits per heavy atom. The van der Waals surface area contributed by atoms with E-state index in [1.165, 1.54) is 161 Å². The first-order valence-electron chi connectivity index (χ1n) is 17.5. The maximum Gasteiger partial charge on any atom is 0.335 e. The summed E-state index contributed by atoms with van der Waals surface area (Å²) in [5, 5.41) is 20.2. The predicted octanol–water partition coefficient (Wildman–Crippen LogP) is 11.9. The molecule has 0 aromatic carbocycles. The molecule has 228 valence electrons. The third-order valence-electron chi connectivity index (χ3n) is 8.54. The molecule has 0 saturated heterocycles. The molecule has 0 radical (unpaired) electrons. The molecule has 2 N–H and O–H groups in total. The highest BCUT2D eigenvalue weighted by molar-refractivity contribution is 5.76. The van der Waals surface area contributed by atoms with E-state index in [2.05, 4.69) is 13.8 Å². The first-order chi connectivity index (χ1) is 18.6. The van der Waals surface area contributed by atoms with Crippen LogP contribution in [-0.2, 0) is 4.79 Å². The Morgan fingerprint density at radius 2 is 0.579 bits per heavy atom. The summed E-state index contributed by atoms with van der Waals surface area (Å²) in [5.74, 6) is -1.02. The lowest BCUT2D eigenvalue weighted by atomic mass is 9.89. The van der Waals surface area contributed by atoms with Crippen molar-refractivity contribution >= 4 is 5.97 Å². The zero-order chi connectivity index (χ0) is 28.0. The molecule has 0 rings (SSSR count). The van der Waals surface area contributed by atoms with Gasteiger partial charge in [-0.25, -0.2) is 4.79 Å². The molecule has 0 bridgehead atoms. The van der Waals surface area contributed by atoms with Gasteiger partial charge in [0, 0.05) is 0 Å². The number of hydrogen-bond donors (Lipinski definition) is 2. The summed E-state index contributed by atoms with van der Waals surface area (Å²) in [4.78, 5) is 11.7. The Bertz CT molecular complexity index is 478. The number of carboxylic acids is 1. The highest BCUT2D eigenvalue weighted by Gasteiger charge is 2.34. The van der Waals surface area contributed by atoms with E-state index in [-0.39, 0.29) is 0 Å². The first kappa shape index (κ1) is 37.4. The van der Waals surface area contributed by atoms with E-state index in [9.17, 15) is 15.0 Å². The van der Waals surface area contributed by atoms with E-state index >= 15 is 0 Å². The Kier molecular flexibility index (Phi) is 29.0. The molecule has 1 atom stereocenters. The zero-order valence-corrected chi connectivity index (χ0v) is 26.2. The molecule has 0 spiro atoms.